The van der Waals surface area contributed by atoms with Crippen LogP contribution in [0.25, 0.3) is 11.3 Å². The van der Waals surface area contributed by atoms with Crippen molar-refractivity contribution < 1.29 is 50.0 Å². The summed E-state index contributed by atoms with van der Waals surface area (Å²) < 4.78 is 17.1. The van der Waals surface area contributed by atoms with Crippen LogP contribution in [0.2, 0.25) is 0 Å². The Kier molecular flexibility index (Phi) is 6.54. The molecule has 10 nitrogen and oxygen atoms in total. The van der Waals surface area contributed by atoms with Crippen molar-refractivity contribution in [2.45, 2.75) is 37.6 Å². The second kappa shape index (κ2) is 9.26. The minimum absolute atomic E-state index is 0.0120. The maximum absolute atomic E-state index is 10.4. The van der Waals surface area contributed by atoms with Gasteiger partial charge in [-0.25, -0.2) is 0 Å². The fraction of sp³-hybridized carbons (Fsp3) is 0.333. The zero-order valence-electron chi connectivity index (χ0n) is 18.3. The Labute approximate surface area is 194 Å². The number of phenols is 3. The van der Waals surface area contributed by atoms with Crippen molar-refractivity contribution in [1.29, 1.82) is 0 Å². The highest BCUT2D eigenvalue weighted by molar-refractivity contribution is 5.94. The molecule has 182 valence electrons. The lowest BCUT2D eigenvalue weighted by atomic mass is 9.92. The predicted molar refractivity (Wildman–Crippen MR) is 119 cm³/mol. The van der Waals surface area contributed by atoms with E-state index in [-0.39, 0.29) is 40.9 Å². The SMILES string of the molecule is C=C1C(CO[C@H]2O[C@@H](CO)[C@H](O)[C@@H](O)[C@@H]2O)=C(c2ccc(C)c(O)c2)Oc2cc(O)cc(O)c21. The van der Waals surface area contributed by atoms with Crippen molar-refractivity contribution in [3.05, 3.63) is 59.2 Å². The first-order valence-corrected chi connectivity index (χ1v) is 10.5. The number of ether oxygens (including phenoxy) is 3. The number of aromatic hydroxyl groups is 3. The third-order valence-electron chi connectivity index (χ3n) is 5.93. The molecule has 10 heteroatoms. The van der Waals surface area contributed by atoms with E-state index >= 15 is 0 Å². The summed E-state index contributed by atoms with van der Waals surface area (Å²) >= 11 is 0. The Morgan fingerprint density at radius 2 is 1.71 bits per heavy atom. The predicted octanol–water partition coefficient (Wildman–Crippen LogP) is 0.745. The number of aryl methyl sites for hydroxylation is 1. The van der Waals surface area contributed by atoms with E-state index in [2.05, 4.69) is 6.58 Å². The topological polar surface area (TPSA) is 169 Å². The van der Waals surface area contributed by atoms with E-state index in [0.29, 0.717) is 22.3 Å². The van der Waals surface area contributed by atoms with Gasteiger partial charge in [-0.3, -0.25) is 0 Å². The Hall–Kier alpha value is -3.12. The Morgan fingerprint density at radius 1 is 0.971 bits per heavy atom. The molecule has 7 N–H and O–H groups in total. The fourth-order valence-electron chi connectivity index (χ4n) is 3.94. The van der Waals surface area contributed by atoms with Crippen LogP contribution in [0.15, 0.2) is 42.5 Å². The van der Waals surface area contributed by atoms with E-state index in [4.69, 9.17) is 14.2 Å². The monoisotopic (exact) mass is 474 g/mol. The molecule has 1 fully saturated rings. The van der Waals surface area contributed by atoms with Crippen LogP contribution in [0.3, 0.4) is 0 Å². The third-order valence-corrected chi connectivity index (χ3v) is 5.93. The van der Waals surface area contributed by atoms with Crippen molar-refractivity contribution in [2.24, 2.45) is 0 Å². The lowest BCUT2D eigenvalue weighted by Gasteiger charge is -2.39. The summed E-state index contributed by atoms with van der Waals surface area (Å²) in [5.74, 6) is -0.151. The van der Waals surface area contributed by atoms with Crippen LogP contribution in [-0.2, 0) is 9.47 Å². The van der Waals surface area contributed by atoms with Crippen LogP contribution in [0.5, 0.6) is 23.0 Å². The van der Waals surface area contributed by atoms with Crippen LogP contribution in [0.1, 0.15) is 16.7 Å². The van der Waals surface area contributed by atoms with E-state index in [1.54, 1.807) is 19.1 Å². The van der Waals surface area contributed by atoms with E-state index in [1.807, 2.05) is 0 Å². The van der Waals surface area contributed by atoms with Gasteiger partial charge >= 0.3 is 0 Å². The van der Waals surface area contributed by atoms with Gasteiger partial charge in [-0.15, -0.1) is 0 Å². The van der Waals surface area contributed by atoms with E-state index < -0.39 is 37.3 Å². The van der Waals surface area contributed by atoms with Gasteiger partial charge in [0.2, 0.25) is 0 Å². The fourth-order valence-corrected chi connectivity index (χ4v) is 3.94. The first-order chi connectivity index (χ1) is 16.1. The van der Waals surface area contributed by atoms with Crippen molar-refractivity contribution in [2.75, 3.05) is 13.2 Å². The number of benzene rings is 2. The first kappa shape index (κ1) is 24.0. The molecule has 0 saturated carbocycles. The second-order valence-corrected chi connectivity index (χ2v) is 8.24. The van der Waals surface area contributed by atoms with Gasteiger partial charge in [0.05, 0.1) is 18.8 Å². The summed E-state index contributed by atoms with van der Waals surface area (Å²) in [7, 11) is 0. The Bertz CT molecular complexity index is 1140. The van der Waals surface area contributed by atoms with Gasteiger partial charge in [0.1, 0.15) is 53.2 Å². The molecular formula is C24H26O10. The Morgan fingerprint density at radius 3 is 2.38 bits per heavy atom. The summed E-state index contributed by atoms with van der Waals surface area (Å²) in [5.41, 5.74) is 1.91. The summed E-state index contributed by atoms with van der Waals surface area (Å²) in [4.78, 5) is 0. The lowest BCUT2D eigenvalue weighted by Crippen LogP contribution is -2.59. The van der Waals surface area contributed by atoms with Gasteiger partial charge < -0.3 is 50.0 Å². The van der Waals surface area contributed by atoms with Gasteiger partial charge in [0.15, 0.2) is 6.29 Å². The molecule has 0 amide bonds. The van der Waals surface area contributed by atoms with Gasteiger partial charge in [0.25, 0.3) is 0 Å². The third kappa shape index (κ3) is 4.23. The molecule has 0 spiro atoms. The van der Waals surface area contributed by atoms with Crippen molar-refractivity contribution in [1.82, 2.24) is 0 Å². The highest BCUT2D eigenvalue weighted by Crippen LogP contribution is 2.47. The molecule has 4 rings (SSSR count). The molecule has 0 bridgehead atoms. The zero-order chi connectivity index (χ0) is 24.7. The molecule has 2 aromatic carbocycles. The molecule has 1 saturated heterocycles. The highest BCUT2D eigenvalue weighted by atomic mass is 16.7. The molecule has 2 aliphatic rings. The van der Waals surface area contributed by atoms with Crippen LogP contribution in [0, 0.1) is 6.92 Å². The Balaban J connectivity index is 1.72. The average molecular weight is 474 g/mol. The second-order valence-electron chi connectivity index (χ2n) is 8.24. The molecule has 0 aromatic heterocycles. The van der Waals surface area contributed by atoms with E-state index in [1.165, 1.54) is 12.1 Å². The molecule has 0 radical (unpaired) electrons. The number of rotatable bonds is 5. The largest absolute Gasteiger partial charge is 0.508 e. The van der Waals surface area contributed by atoms with Gasteiger partial charge in [-0.1, -0.05) is 18.7 Å². The number of phenolic OH excluding ortho intramolecular Hbond substituents is 3. The van der Waals surface area contributed by atoms with Crippen LogP contribution in [0.4, 0.5) is 0 Å². The summed E-state index contributed by atoms with van der Waals surface area (Å²) in [5, 5.41) is 70.2. The molecule has 5 atom stereocenters. The molecular weight excluding hydrogens is 448 g/mol. The number of aliphatic hydroxyl groups is 4. The van der Waals surface area contributed by atoms with Crippen LogP contribution >= 0.6 is 0 Å². The molecule has 34 heavy (non-hydrogen) atoms. The van der Waals surface area contributed by atoms with Crippen LogP contribution in [-0.4, -0.2) is 79.7 Å². The van der Waals surface area contributed by atoms with Gasteiger partial charge in [0, 0.05) is 23.3 Å². The van der Waals surface area contributed by atoms with E-state index in [9.17, 15) is 35.7 Å². The standard InChI is InChI=1S/C24H26O10/c1-10-3-4-12(5-15(10)27)23-14(11(2)19-16(28)6-13(26)7-17(19)33-23)9-32-24-22(31)21(30)20(29)18(8-25)34-24/h3-7,18,20-22,24-31H,2,8-9H2,1H3/t18-,20-,21+,22-,24-/m0/s1. The van der Waals surface area contributed by atoms with Gasteiger partial charge in [-0.05, 0) is 24.1 Å². The minimum Gasteiger partial charge on any atom is -0.508 e. The zero-order valence-corrected chi connectivity index (χ0v) is 18.3. The maximum atomic E-state index is 10.4. The number of fused-ring (bicyclic) bond motifs is 1. The van der Waals surface area contributed by atoms with Crippen LogP contribution < -0.4 is 4.74 Å². The summed E-state index contributed by atoms with van der Waals surface area (Å²) in [6.07, 6.45) is -7.31. The smallest absolute Gasteiger partial charge is 0.187 e. The molecule has 0 unspecified atom stereocenters. The maximum Gasteiger partial charge on any atom is 0.187 e. The lowest BCUT2D eigenvalue weighted by molar-refractivity contribution is -0.298. The summed E-state index contributed by atoms with van der Waals surface area (Å²) in [6.45, 7) is 4.86. The van der Waals surface area contributed by atoms with E-state index in [0.717, 1.165) is 6.07 Å². The molecule has 0 aliphatic carbocycles. The normalized spacial score (nSPS) is 26.9. The van der Waals surface area contributed by atoms with Gasteiger partial charge in [-0.2, -0.15) is 0 Å². The van der Waals surface area contributed by atoms with Crippen molar-refractivity contribution in [3.8, 4) is 23.0 Å². The van der Waals surface area contributed by atoms with Crippen molar-refractivity contribution in [3.63, 3.8) is 0 Å². The summed E-state index contributed by atoms with van der Waals surface area (Å²) in [6, 6.07) is 7.28. The highest BCUT2D eigenvalue weighted by Gasteiger charge is 2.44. The molecule has 2 aliphatic heterocycles. The molecule has 2 heterocycles. The van der Waals surface area contributed by atoms with Crippen molar-refractivity contribution >= 4 is 11.3 Å². The number of hydrogen-bond acceptors (Lipinski definition) is 10. The molecule has 2 aromatic rings. The number of aliphatic hydroxyl groups excluding tert-OH is 4. The minimum atomic E-state index is -1.61. The quantitative estimate of drug-likeness (QED) is 0.328. The number of hydrogen-bond donors (Lipinski definition) is 7. The average Bonchev–Trinajstić information content (AvgIpc) is 2.79. The first-order valence-electron chi connectivity index (χ1n) is 10.5.